The van der Waals surface area contributed by atoms with Crippen molar-refractivity contribution in [1.82, 2.24) is 10.2 Å². The lowest BCUT2D eigenvalue weighted by Gasteiger charge is -2.38. The first-order valence-electron chi connectivity index (χ1n) is 10.5. The molecule has 1 aromatic rings. The van der Waals surface area contributed by atoms with E-state index < -0.39 is 0 Å². The van der Waals surface area contributed by atoms with Crippen molar-refractivity contribution in [3.8, 4) is 0 Å². The molecule has 2 unspecified atom stereocenters. The third-order valence-electron chi connectivity index (χ3n) is 6.89. The number of amides is 2. The first-order chi connectivity index (χ1) is 13.1. The third-order valence-corrected chi connectivity index (χ3v) is 6.89. The molecular weight excluding hydrogens is 336 g/mol. The highest BCUT2D eigenvalue weighted by Gasteiger charge is 2.43. The van der Waals surface area contributed by atoms with Crippen molar-refractivity contribution in [3.63, 3.8) is 0 Å². The van der Waals surface area contributed by atoms with Gasteiger partial charge in [0, 0.05) is 30.3 Å². The van der Waals surface area contributed by atoms with Crippen molar-refractivity contribution < 1.29 is 9.59 Å². The van der Waals surface area contributed by atoms with E-state index in [2.05, 4.69) is 10.2 Å². The van der Waals surface area contributed by atoms with Crippen molar-refractivity contribution in [1.29, 1.82) is 0 Å². The van der Waals surface area contributed by atoms with Gasteiger partial charge in [-0.15, -0.1) is 0 Å². The lowest BCUT2D eigenvalue weighted by atomic mass is 9.68. The zero-order valence-electron chi connectivity index (χ0n) is 15.8. The Morgan fingerprint density at radius 3 is 2.26 bits per heavy atom. The third kappa shape index (κ3) is 3.67. The van der Waals surface area contributed by atoms with Crippen LogP contribution in [0.1, 0.15) is 60.9 Å². The van der Waals surface area contributed by atoms with E-state index in [0.717, 1.165) is 36.8 Å². The van der Waals surface area contributed by atoms with Crippen molar-refractivity contribution >= 4 is 17.9 Å². The van der Waals surface area contributed by atoms with Gasteiger partial charge in [-0.05, 0) is 86.5 Å². The number of hydrogen-bond acceptors (Lipinski definition) is 2. The summed E-state index contributed by atoms with van der Waals surface area (Å²) in [5, 5.41) is 3.00. The van der Waals surface area contributed by atoms with Gasteiger partial charge >= 0.3 is 0 Å². The highest BCUT2D eigenvalue weighted by atomic mass is 16.2. The minimum absolute atomic E-state index is 0.000451. The zero-order chi connectivity index (χ0) is 18.4. The summed E-state index contributed by atoms with van der Waals surface area (Å²) in [6.45, 7) is 0.946. The molecule has 3 saturated carbocycles. The summed E-state index contributed by atoms with van der Waals surface area (Å²) in [5.74, 6) is 2.57. The molecular formula is C23H28N2O2. The van der Waals surface area contributed by atoms with Crippen LogP contribution in [0.5, 0.6) is 0 Å². The van der Waals surface area contributed by atoms with Gasteiger partial charge in [0.2, 0.25) is 5.91 Å². The molecule has 4 bridgehead atoms. The standard InChI is InChI=1S/C23H28N2O2/c26-22(25-14-18-10-16-9-17(11-18)13-21(25)12-16)8-3-15-1-4-19(5-2-15)23(27)24-20-6-7-20/h1-5,8,16-18,20-21H,6-7,9-14H2,(H,24,27). The Morgan fingerprint density at radius 2 is 1.59 bits per heavy atom. The van der Waals surface area contributed by atoms with Crippen LogP contribution in [0, 0.1) is 17.8 Å². The number of benzene rings is 1. The van der Waals surface area contributed by atoms with Crippen molar-refractivity contribution in [2.24, 2.45) is 17.8 Å². The predicted molar refractivity (Wildman–Crippen MR) is 105 cm³/mol. The lowest BCUT2D eigenvalue weighted by Crippen LogP contribution is -2.41. The highest BCUT2D eigenvalue weighted by molar-refractivity contribution is 5.95. The second-order valence-corrected chi connectivity index (χ2v) is 9.12. The summed E-state index contributed by atoms with van der Waals surface area (Å²) in [5.41, 5.74) is 1.65. The Kier molecular flexibility index (Phi) is 4.30. The fraction of sp³-hybridized carbons (Fsp3) is 0.565. The molecule has 4 nitrogen and oxygen atoms in total. The summed E-state index contributed by atoms with van der Waals surface area (Å²) >= 11 is 0. The maximum atomic E-state index is 12.9. The first kappa shape index (κ1) is 17.0. The minimum Gasteiger partial charge on any atom is -0.349 e. The number of nitrogens with one attached hydrogen (secondary N) is 1. The predicted octanol–water partition coefficient (Wildman–Crippen LogP) is 3.63. The van der Waals surface area contributed by atoms with Gasteiger partial charge in [0.1, 0.15) is 0 Å². The van der Waals surface area contributed by atoms with Crippen LogP contribution >= 0.6 is 0 Å². The molecule has 0 spiro atoms. The molecule has 6 rings (SSSR count). The monoisotopic (exact) mass is 364 g/mol. The van der Waals surface area contributed by atoms with Gasteiger partial charge in [0.25, 0.3) is 5.91 Å². The summed E-state index contributed by atoms with van der Waals surface area (Å²) in [6.07, 6.45) is 12.3. The number of fused-ring (bicyclic) bond motifs is 1. The fourth-order valence-electron chi connectivity index (χ4n) is 5.56. The quantitative estimate of drug-likeness (QED) is 0.830. The van der Waals surface area contributed by atoms with Crippen molar-refractivity contribution in [3.05, 3.63) is 41.5 Å². The topological polar surface area (TPSA) is 49.4 Å². The first-order valence-corrected chi connectivity index (χ1v) is 10.5. The van der Waals surface area contributed by atoms with E-state index in [0.29, 0.717) is 23.6 Å². The van der Waals surface area contributed by atoms with Crippen LogP contribution in [-0.2, 0) is 4.79 Å². The van der Waals surface area contributed by atoms with E-state index >= 15 is 0 Å². The minimum atomic E-state index is -0.000451. The molecule has 0 radical (unpaired) electrons. The van der Waals surface area contributed by atoms with Crippen LogP contribution in [-0.4, -0.2) is 35.3 Å². The van der Waals surface area contributed by atoms with Crippen LogP contribution < -0.4 is 5.32 Å². The number of carbonyl (C=O) groups is 2. The zero-order valence-corrected chi connectivity index (χ0v) is 15.8. The van der Waals surface area contributed by atoms with Crippen LogP contribution in [0.2, 0.25) is 0 Å². The van der Waals surface area contributed by atoms with Gasteiger partial charge in [-0.1, -0.05) is 12.1 Å². The van der Waals surface area contributed by atoms with E-state index in [1.807, 2.05) is 30.3 Å². The molecule has 27 heavy (non-hydrogen) atoms. The van der Waals surface area contributed by atoms with Crippen LogP contribution in [0.3, 0.4) is 0 Å². The molecule has 3 aliphatic carbocycles. The second-order valence-electron chi connectivity index (χ2n) is 9.12. The van der Waals surface area contributed by atoms with Crippen molar-refractivity contribution in [2.45, 2.75) is 57.0 Å². The van der Waals surface area contributed by atoms with Gasteiger partial charge in [-0.25, -0.2) is 0 Å². The molecule has 2 atom stereocenters. The van der Waals surface area contributed by atoms with Crippen molar-refractivity contribution in [2.75, 3.05) is 6.54 Å². The van der Waals surface area contributed by atoms with E-state index in [1.54, 1.807) is 6.08 Å². The molecule has 2 aliphatic heterocycles. The van der Waals surface area contributed by atoms with Gasteiger partial charge in [-0.2, -0.15) is 0 Å². The molecule has 5 fully saturated rings. The molecule has 0 aromatic heterocycles. The highest BCUT2D eigenvalue weighted by Crippen LogP contribution is 2.47. The molecule has 2 heterocycles. The average molecular weight is 364 g/mol. The second kappa shape index (κ2) is 6.81. The van der Waals surface area contributed by atoms with Crippen LogP contribution in [0.4, 0.5) is 0 Å². The normalized spacial score (nSPS) is 31.9. The number of carbonyl (C=O) groups excluding carboxylic acids is 2. The van der Waals surface area contributed by atoms with Gasteiger partial charge in [0.15, 0.2) is 0 Å². The van der Waals surface area contributed by atoms with Gasteiger partial charge < -0.3 is 10.2 Å². The largest absolute Gasteiger partial charge is 0.349 e. The Morgan fingerprint density at radius 1 is 0.926 bits per heavy atom. The number of hydrogen-bond donors (Lipinski definition) is 1. The molecule has 142 valence electrons. The molecule has 1 aromatic carbocycles. The number of nitrogens with zero attached hydrogens (tertiary/aromatic N) is 1. The Labute approximate surface area is 161 Å². The average Bonchev–Trinajstić information content (AvgIpc) is 3.49. The Balaban J connectivity index is 1.24. The summed E-state index contributed by atoms with van der Waals surface area (Å²) in [7, 11) is 0. The van der Waals surface area contributed by atoms with Gasteiger partial charge in [-0.3, -0.25) is 9.59 Å². The molecule has 5 aliphatic rings. The molecule has 2 saturated heterocycles. The smallest absolute Gasteiger partial charge is 0.251 e. The van der Waals surface area contributed by atoms with Crippen LogP contribution in [0.25, 0.3) is 6.08 Å². The van der Waals surface area contributed by atoms with Gasteiger partial charge in [0.05, 0.1) is 0 Å². The van der Waals surface area contributed by atoms with E-state index in [9.17, 15) is 9.59 Å². The molecule has 4 heteroatoms. The Bertz CT molecular complexity index is 751. The van der Waals surface area contributed by atoms with Crippen LogP contribution in [0.15, 0.2) is 30.3 Å². The SMILES string of the molecule is O=C(NC1CC1)c1ccc(C=CC(=O)N2CC3CC4CC(C3)CC2C4)cc1. The maximum Gasteiger partial charge on any atom is 0.251 e. The maximum absolute atomic E-state index is 12.9. The van der Waals surface area contributed by atoms with E-state index in [1.165, 1.54) is 32.1 Å². The lowest BCUT2D eigenvalue weighted by molar-refractivity contribution is -0.128. The molecule has 2 amide bonds. The summed E-state index contributed by atoms with van der Waals surface area (Å²) in [4.78, 5) is 27.1. The number of rotatable bonds is 4. The molecule has 1 N–H and O–H groups in total. The van der Waals surface area contributed by atoms with E-state index in [-0.39, 0.29) is 11.8 Å². The van der Waals surface area contributed by atoms with E-state index in [4.69, 9.17) is 0 Å². The summed E-state index contributed by atoms with van der Waals surface area (Å²) in [6, 6.07) is 8.34. The summed E-state index contributed by atoms with van der Waals surface area (Å²) < 4.78 is 0. The fourth-order valence-corrected chi connectivity index (χ4v) is 5.56. The Hall–Kier alpha value is -2.10.